The minimum absolute atomic E-state index is 0.0424. The largest absolute Gasteiger partial charge is 0.456 e. The number of aryl methyl sites for hydroxylation is 2. The lowest BCUT2D eigenvalue weighted by Gasteiger charge is -2.20. The van der Waals surface area contributed by atoms with Gasteiger partial charge in [0, 0.05) is 12.3 Å². The molecular weight excluding hydrogens is 408 g/mol. The van der Waals surface area contributed by atoms with Gasteiger partial charge in [-0.1, -0.05) is 48.0 Å². The summed E-state index contributed by atoms with van der Waals surface area (Å²) in [4.78, 5) is 31.0. The number of amides is 1. The predicted molar refractivity (Wildman–Crippen MR) is 124 cm³/mol. The van der Waals surface area contributed by atoms with E-state index in [-0.39, 0.29) is 12.5 Å². The van der Waals surface area contributed by atoms with Crippen molar-refractivity contribution < 1.29 is 14.3 Å². The van der Waals surface area contributed by atoms with Crippen LogP contribution < -0.4 is 4.90 Å². The molecule has 31 heavy (non-hydrogen) atoms. The maximum absolute atomic E-state index is 12.5. The molecule has 3 aromatic carbocycles. The molecule has 5 nitrogen and oxygen atoms in total. The number of esters is 1. The molecule has 0 saturated heterocycles. The maximum atomic E-state index is 12.5. The van der Waals surface area contributed by atoms with E-state index in [4.69, 9.17) is 4.74 Å². The average Bonchev–Trinajstić information content (AvgIpc) is 3.21. The summed E-state index contributed by atoms with van der Waals surface area (Å²) in [5.41, 5.74) is 4.02. The third-order valence-electron chi connectivity index (χ3n) is 4.98. The SMILES string of the molecule is CC(=O)N(c1nc(COC(=O)c2ccc3ccccc3c2)cs1)c1ccc(C)cc1C. The lowest BCUT2D eigenvalue weighted by molar-refractivity contribution is -0.115. The molecule has 1 amide bonds. The number of anilines is 2. The lowest BCUT2D eigenvalue weighted by Crippen LogP contribution is -2.23. The Balaban J connectivity index is 1.49. The highest BCUT2D eigenvalue weighted by molar-refractivity contribution is 7.14. The molecule has 0 aliphatic heterocycles. The van der Waals surface area contributed by atoms with Crippen LogP contribution in [-0.2, 0) is 16.1 Å². The van der Waals surface area contributed by atoms with Gasteiger partial charge in [0.15, 0.2) is 5.13 Å². The monoisotopic (exact) mass is 430 g/mol. The minimum atomic E-state index is -0.405. The summed E-state index contributed by atoms with van der Waals surface area (Å²) in [6, 6.07) is 19.3. The van der Waals surface area contributed by atoms with E-state index in [1.54, 1.807) is 11.0 Å². The van der Waals surface area contributed by atoms with Gasteiger partial charge in [-0.25, -0.2) is 9.78 Å². The van der Waals surface area contributed by atoms with E-state index in [1.807, 2.05) is 73.8 Å². The first kappa shape index (κ1) is 20.8. The number of rotatable bonds is 5. The van der Waals surface area contributed by atoms with Gasteiger partial charge in [0.2, 0.25) is 5.91 Å². The molecule has 6 heteroatoms. The molecule has 1 heterocycles. The van der Waals surface area contributed by atoms with E-state index in [0.29, 0.717) is 16.4 Å². The molecule has 4 aromatic rings. The molecule has 0 aliphatic carbocycles. The summed E-state index contributed by atoms with van der Waals surface area (Å²) in [5, 5.41) is 4.41. The van der Waals surface area contributed by atoms with Gasteiger partial charge < -0.3 is 4.74 Å². The number of benzene rings is 3. The van der Waals surface area contributed by atoms with Crippen molar-refractivity contribution in [1.29, 1.82) is 0 Å². The predicted octanol–water partition coefficient (Wildman–Crippen LogP) is 5.95. The molecule has 0 unspecified atom stereocenters. The van der Waals surface area contributed by atoms with E-state index in [0.717, 1.165) is 27.6 Å². The van der Waals surface area contributed by atoms with Crippen molar-refractivity contribution in [3.05, 3.63) is 88.4 Å². The second-order valence-electron chi connectivity index (χ2n) is 7.40. The molecule has 0 bridgehead atoms. The highest BCUT2D eigenvalue weighted by Gasteiger charge is 2.20. The van der Waals surface area contributed by atoms with E-state index in [9.17, 15) is 9.59 Å². The highest BCUT2D eigenvalue weighted by atomic mass is 32.1. The van der Waals surface area contributed by atoms with Gasteiger partial charge in [-0.3, -0.25) is 9.69 Å². The van der Waals surface area contributed by atoms with Crippen LogP contribution in [0.25, 0.3) is 10.8 Å². The number of hydrogen-bond donors (Lipinski definition) is 0. The molecule has 0 spiro atoms. The van der Waals surface area contributed by atoms with Crippen LogP contribution >= 0.6 is 11.3 Å². The number of nitrogens with zero attached hydrogens (tertiary/aromatic N) is 2. The molecule has 1 aromatic heterocycles. The Morgan fingerprint density at radius 1 is 1.00 bits per heavy atom. The fourth-order valence-electron chi connectivity index (χ4n) is 3.47. The molecule has 0 saturated carbocycles. The molecule has 0 aliphatic rings. The highest BCUT2D eigenvalue weighted by Crippen LogP contribution is 2.32. The summed E-state index contributed by atoms with van der Waals surface area (Å²) in [6.07, 6.45) is 0. The van der Waals surface area contributed by atoms with Crippen LogP contribution in [0.2, 0.25) is 0 Å². The zero-order valence-electron chi connectivity index (χ0n) is 17.6. The third-order valence-corrected chi connectivity index (χ3v) is 5.85. The summed E-state index contributed by atoms with van der Waals surface area (Å²) in [6.45, 7) is 5.54. The van der Waals surface area contributed by atoms with Crippen molar-refractivity contribution >= 4 is 44.8 Å². The number of aromatic nitrogens is 1. The van der Waals surface area contributed by atoms with Crippen LogP contribution in [0.3, 0.4) is 0 Å². The number of thiazole rings is 1. The van der Waals surface area contributed by atoms with Crippen LogP contribution in [-0.4, -0.2) is 16.9 Å². The molecule has 0 N–H and O–H groups in total. The fraction of sp³-hybridized carbons (Fsp3) is 0.160. The Bertz CT molecular complexity index is 1280. The summed E-state index contributed by atoms with van der Waals surface area (Å²) in [5.74, 6) is -0.529. The van der Waals surface area contributed by atoms with Gasteiger partial charge >= 0.3 is 5.97 Å². The summed E-state index contributed by atoms with van der Waals surface area (Å²) in [7, 11) is 0. The van der Waals surface area contributed by atoms with Gasteiger partial charge in [-0.2, -0.15) is 0 Å². The number of hydrogen-bond acceptors (Lipinski definition) is 5. The Kier molecular flexibility index (Phi) is 5.82. The molecule has 0 atom stereocenters. The Morgan fingerprint density at radius 3 is 2.52 bits per heavy atom. The van der Waals surface area contributed by atoms with Crippen molar-refractivity contribution in [2.24, 2.45) is 0 Å². The zero-order chi connectivity index (χ0) is 22.0. The van der Waals surface area contributed by atoms with Crippen molar-refractivity contribution in [2.45, 2.75) is 27.4 Å². The van der Waals surface area contributed by atoms with Crippen LogP contribution in [0, 0.1) is 13.8 Å². The quantitative estimate of drug-likeness (QED) is 0.367. The van der Waals surface area contributed by atoms with Gasteiger partial charge in [0.05, 0.1) is 16.9 Å². The van der Waals surface area contributed by atoms with Crippen molar-refractivity contribution in [2.75, 3.05) is 4.90 Å². The summed E-state index contributed by atoms with van der Waals surface area (Å²) >= 11 is 1.35. The first-order valence-corrected chi connectivity index (χ1v) is 10.8. The second kappa shape index (κ2) is 8.70. The second-order valence-corrected chi connectivity index (χ2v) is 8.24. The normalized spacial score (nSPS) is 10.8. The Labute approximate surface area is 184 Å². The van der Waals surface area contributed by atoms with E-state index >= 15 is 0 Å². The standard InChI is InChI=1S/C25H22N2O3S/c1-16-8-11-23(17(2)12-16)27(18(3)28)25-26-22(15-31-25)14-30-24(29)21-10-9-19-6-4-5-7-20(19)13-21/h4-13,15H,14H2,1-3H3. The van der Waals surface area contributed by atoms with Crippen molar-refractivity contribution in [3.8, 4) is 0 Å². The molecule has 4 rings (SSSR count). The average molecular weight is 431 g/mol. The first-order valence-electron chi connectivity index (χ1n) is 9.90. The van der Waals surface area contributed by atoms with Crippen LogP contribution in [0.5, 0.6) is 0 Å². The first-order chi connectivity index (χ1) is 14.9. The molecule has 0 radical (unpaired) electrons. The van der Waals surface area contributed by atoms with Crippen LogP contribution in [0.4, 0.5) is 10.8 Å². The number of carbonyl (C=O) groups is 2. The van der Waals surface area contributed by atoms with Gasteiger partial charge in [0.1, 0.15) is 6.61 Å². The molecular formula is C25H22N2O3S. The van der Waals surface area contributed by atoms with E-state index < -0.39 is 5.97 Å². The maximum Gasteiger partial charge on any atom is 0.338 e. The van der Waals surface area contributed by atoms with Crippen molar-refractivity contribution in [3.63, 3.8) is 0 Å². The topological polar surface area (TPSA) is 59.5 Å². The number of ether oxygens (including phenoxy) is 1. The third kappa shape index (κ3) is 4.49. The van der Waals surface area contributed by atoms with Crippen LogP contribution in [0.15, 0.2) is 66.0 Å². The van der Waals surface area contributed by atoms with Gasteiger partial charge in [-0.05, 0) is 48.4 Å². The van der Waals surface area contributed by atoms with Crippen molar-refractivity contribution in [1.82, 2.24) is 4.98 Å². The van der Waals surface area contributed by atoms with Crippen LogP contribution in [0.1, 0.15) is 34.1 Å². The Hall–Kier alpha value is -3.51. The fourth-order valence-corrected chi connectivity index (χ4v) is 4.33. The van der Waals surface area contributed by atoms with E-state index in [1.165, 1.54) is 18.3 Å². The van der Waals surface area contributed by atoms with E-state index in [2.05, 4.69) is 4.98 Å². The van der Waals surface area contributed by atoms with Gasteiger partial charge in [-0.15, -0.1) is 11.3 Å². The number of carbonyl (C=O) groups excluding carboxylic acids is 2. The summed E-state index contributed by atoms with van der Waals surface area (Å²) < 4.78 is 5.46. The van der Waals surface area contributed by atoms with Gasteiger partial charge in [0.25, 0.3) is 0 Å². The minimum Gasteiger partial charge on any atom is -0.456 e. The molecule has 156 valence electrons. The Morgan fingerprint density at radius 2 is 1.77 bits per heavy atom. The zero-order valence-corrected chi connectivity index (χ0v) is 18.4. The lowest BCUT2D eigenvalue weighted by atomic mass is 10.1. The smallest absolute Gasteiger partial charge is 0.338 e. The number of fused-ring (bicyclic) bond motifs is 1. The molecule has 0 fully saturated rings.